The maximum absolute atomic E-state index is 12.5. The predicted molar refractivity (Wildman–Crippen MR) is 67.9 cm³/mol. The van der Waals surface area contributed by atoms with E-state index in [1.54, 1.807) is 6.92 Å². The fourth-order valence-electron chi connectivity index (χ4n) is 1.60. The van der Waals surface area contributed by atoms with Gasteiger partial charge in [-0.15, -0.1) is 0 Å². The molecule has 1 heterocycles. The molecule has 0 amide bonds. The quantitative estimate of drug-likeness (QED) is 0.796. The van der Waals surface area contributed by atoms with Gasteiger partial charge in [0, 0.05) is 5.56 Å². The Kier molecular flexibility index (Phi) is 4.22. The zero-order chi connectivity index (χ0) is 15.6. The Morgan fingerprint density at radius 1 is 1.33 bits per heavy atom. The van der Waals surface area contributed by atoms with Crippen molar-refractivity contribution in [2.45, 2.75) is 13.1 Å². The first kappa shape index (κ1) is 15.4. The Bertz CT molecular complexity index is 650. The third-order valence-corrected chi connectivity index (χ3v) is 2.93. The fourth-order valence-corrected chi connectivity index (χ4v) is 1.85. The monoisotopic (exact) mass is 319 g/mol. The Morgan fingerprint density at radius 3 is 2.48 bits per heavy atom. The number of carbonyl (C=O) groups excluding carboxylic acids is 1. The van der Waals surface area contributed by atoms with Gasteiger partial charge < -0.3 is 9.26 Å². The Labute approximate surface area is 122 Å². The van der Waals surface area contributed by atoms with Gasteiger partial charge in [-0.2, -0.15) is 13.2 Å². The SMILES string of the molecule is CCOC(=O)c1noc(-c2ccc(C(F)(F)F)cc2)c1Cl. The van der Waals surface area contributed by atoms with Crippen LogP contribution < -0.4 is 0 Å². The van der Waals surface area contributed by atoms with Gasteiger partial charge in [0.1, 0.15) is 5.02 Å². The molecule has 21 heavy (non-hydrogen) atoms. The van der Waals surface area contributed by atoms with E-state index in [1.807, 2.05) is 0 Å². The summed E-state index contributed by atoms with van der Waals surface area (Å²) >= 11 is 5.94. The molecule has 0 fully saturated rings. The van der Waals surface area contributed by atoms with Gasteiger partial charge in [0.05, 0.1) is 12.2 Å². The normalized spacial score (nSPS) is 11.5. The number of hydrogen-bond donors (Lipinski definition) is 0. The van der Waals surface area contributed by atoms with Crippen molar-refractivity contribution in [2.75, 3.05) is 6.61 Å². The molecule has 0 aliphatic rings. The zero-order valence-electron chi connectivity index (χ0n) is 10.7. The third-order valence-electron chi connectivity index (χ3n) is 2.58. The van der Waals surface area contributed by atoms with E-state index in [-0.39, 0.29) is 28.6 Å². The highest BCUT2D eigenvalue weighted by molar-refractivity contribution is 6.35. The number of benzene rings is 1. The number of carbonyl (C=O) groups is 1. The van der Waals surface area contributed by atoms with E-state index >= 15 is 0 Å². The summed E-state index contributed by atoms with van der Waals surface area (Å²) in [7, 11) is 0. The molecule has 1 aromatic carbocycles. The molecule has 0 aliphatic heterocycles. The molecule has 8 heteroatoms. The molecule has 112 valence electrons. The minimum atomic E-state index is -4.43. The third kappa shape index (κ3) is 3.18. The minimum Gasteiger partial charge on any atom is -0.461 e. The first-order chi connectivity index (χ1) is 9.84. The van der Waals surface area contributed by atoms with Gasteiger partial charge in [-0.05, 0) is 19.1 Å². The summed E-state index contributed by atoms with van der Waals surface area (Å²) in [5, 5.41) is 3.37. The molecule has 1 aromatic heterocycles. The smallest absolute Gasteiger partial charge is 0.416 e. The summed E-state index contributed by atoms with van der Waals surface area (Å²) in [6.07, 6.45) is -4.43. The van der Waals surface area contributed by atoms with Gasteiger partial charge in [-0.3, -0.25) is 0 Å². The van der Waals surface area contributed by atoms with E-state index in [9.17, 15) is 18.0 Å². The molecule has 0 unspecified atom stereocenters. The molecular formula is C13H9ClF3NO3. The Hall–Kier alpha value is -2.02. The van der Waals surface area contributed by atoms with E-state index in [2.05, 4.69) is 5.16 Å². The largest absolute Gasteiger partial charge is 0.461 e. The number of esters is 1. The summed E-state index contributed by atoms with van der Waals surface area (Å²) in [6.45, 7) is 1.75. The molecule has 2 aromatic rings. The lowest BCUT2D eigenvalue weighted by atomic mass is 10.1. The van der Waals surface area contributed by atoms with E-state index in [1.165, 1.54) is 12.1 Å². The van der Waals surface area contributed by atoms with Crippen LogP contribution in [0.3, 0.4) is 0 Å². The molecule has 0 saturated heterocycles. The summed E-state index contributed by atoms with van der Waals surface area (Å²) < 4.78 is 47.1. The van der Waals surface area contributed by atoms with E-state index in [0.29, 0.717) is 0 Å². The fraction of sp³-hybridized carbons (Fsp3) is 0.231. The lowest BCUT2D eigenvalue weighted by Gasteiger charge is -2.06. The highest BCUT2D eigenvalue weighted by atomic mass is 35.5. The number of hydrogen-bond acceptors (Lipinski definition) is 4. The lowest BCUT2D eigenvalue weighted by molar-refractivity contribution is -0.137. The van der Waals surface area contributed by atoms with Crippen LogP contribution in [0.15, 0.2) is 28.8 Å². The van der Waals surface area contributed by atoms with Crippen LogP contribution in [0.4, 0.5) is 13.2 Å². The highest BCUT2D eigenvalue weighted by Crippen LogP contribution is 2.34. The molecule has 0 radical (unpaired) electrons. The first-order valence-electron chi connectivity index (χ1n) is 5.84. The van der Waals surface area contributed by atoms with E-state index in [4.69, 9.17) is 20.9 Å². The van der Waals surface area contributed by atoms with Crippen molar-refractivity contribution in [3.63, 3.8) is 0 Å². The second kappa shape index (κ2) is 5.77. The predicted octanol–water partition coefficient (Wildman–Crippen LogP) is 4.19. The van der Waals surface area contributed by atoms with Crippen molar-refractivity contribution in [3.8, 4) is 11.3 Å². The molecule has 0 atom stereocenters. The van der Waals surface area contributed by atoms with E-state index < -0.39 is 17.7 Å². The topological polar surface area (TPSA) is 52.3 Å². The van der Waals surface area contributed by atoms with Gasteiger partial charge in [-0.25, -0.2) is 4.79 Å². The van der Waals surface area contributed by atoms with Crippen LogP contribution in [0.5, 0.6) is 0 Å². The van der Waals surface area contributed by atoms with Crippen molar-refractivity contribution in [1.82, 2.24) is 5.16 Å². The van der Waals surface area contributed by atoms with Crippen molar-refractivity contribution in [2.24, 2.45) is 0 Å². The van der Waals surface area contributed by atoms with Gasteiger partial charge in [0.15, 0.2) is 5.76 Å². The second-order valence-electron chi connectivity index (χ2n) is 3.97. The summed E-state index contributed by atoms with van der Waals surface area (Å²) in [5.41, 5.74) is -0.739. The Balaban J connectivity index is 2.33. The van der Waals surface area contributed by atoms with Crippen molar-refractivity contribution >= 4 is 17.6 Å². The minimum absolute atomic E-state index is 0.00782. The summed E-state index contributed by atoms with van der Waals surface area (Å²) in [4.78, 5) is 11.5. The summed E-state index contributed by atoms with van der Waals surface area (Å²) in [5.74, 6) is -0.752. The molecular weight excluding hydrogens is 311 g/mol. The maximum Gasteiger partial charge on any atom is 0.416 e. The molecule has 2 rings (SSSR count). The van der Waals surface area contributed by atoms with Gasteiger partial charge in [0.25, 0.3) is 0 Å². The standard InChI is InChI=1S/C13H9ClF3NO3/c1-2-20-12(19)10-9(14)11(21-18-10)7-3-5-8(6-4-7)13(15,16)17/h3-6H,2H2,1H3. The van der Waals surface area contributed by atoms with Crippen LogP contribution in [-0.4, -0.2) is 17.7 Å². The van der Waals surface area contributed by atoms with Crippen LogP contribution in [0.2, 0.25) is 5.02 Å². The molecule has 4 nitrogen and oxygen atoms in total. The lowest BCUT2D eigenvalue weighted by Crippen LogP contribution is -2.05. The van der Waals surface area contributed by atoms with Crippen molar-refractivity contribution < 1.29 is 27.2 Å². The van der Waals surface area contributed by atoms with Crippen molar-refractivity contribution in [3.05, 3.63) is 40.5 Å². The molecule has 0 bridgehead atoms. The number of ether oxygens (including phenoxy) is 1. The number of aromatic nitrogens is 1. The Morgan fingerprint density at radius 2 is 1.95 bits per heavy atom. The number of nitrogens with zero attached hydrogens (tertiary/aromatic N) is 1. The molecule has 0 saturated carbocycles. The van der Waals surface area contributed by atoms with Gasteiger partial charge in [0.2, 0.25) is 5.69 Å². The van der Waals surface area contributed by atoms with Crippen molar-refractivity contribution in [1.29, 1.82) is 0 Å². The molecule has 0 spiro atoms. The second-order valence-corrected chi connectivity index (χ2v) is 4.35. The maximum atomic E-state index is 12.5. The van der Waals surface area contributed by atoms with Crippen LogP contribution in [-0.2, 0) is 10.9 Å². The number of rotatable bonds is 3. The molecule has 0 N–H and O–H groups in total. The average molecular weight is 320 g/mol. The van der Waals surface area contributed by atoms with Gasteiger partial charge in [-0.1, -0.05) is 28.9 Å². The summed E-state index contributed by atoms with van der Waals surface area (Å²) in [6, 6.07) is 4.14. The average Bonchev–Trinajstić information content (AvgIpc) is 2.80. The van der Waals surface area contributed by atoms with Crippen LogP contribution in [0.1, 0.15) is 23.0 Å². The number of alkyl halides is 3. The van der Waals surface area contributed by atoms with Crippen LogP contribution in [0, 0.1) is 0 Å². The molecule has 0 aliphatic carbocycles. The van der Waals surface area contributed by atoms with Crippen LogP contribution in [0.25, 0.3) is 11.3 Å². The van der Waals surface area contributed by atoms with Gasteiger partial charge >= 0.3 is 12.1 Å². The first-order valence-corrected chi connectivity index (χ1v) is 6.22. The van der Waals surface area contributed by atoms with E-state index in [0.717, 1.165) is 12.1 Å². The van der Waals surface area contributed by atoms with Crippen LogP contribution >= 0.6 is 11.6 Å². The zero-order valence-corrected chi connectivity index (χ0v) is 11.5. The number of halogens is 4. The highest BCUT2D eigenvalue weighted by Gasteiger charge is 2.30.